The van der Waals surface area contributed by atoms with Crippen LogP contribution in [0.25, 0.3) is 0 Å². The number of aliphatic hydroxyl groups is 2. The van der Waals surface area contributed by atoms with Crippen molar-refractivity contribution in [1.29, 1.82) is 0 Å². The Morgan fingerprint density at radius 3 is 2.56 bits per heavy atom. The van der Waals surface area contributed by atoms with Crippen LogP contribution in [0.4, 0.5) is 4.39 Å². The van der Waals surface area contributed by atoms with Crippen molar-refractivity contribution in [3.8, 4) is 0 Å². The monoisotopic (exact) mass is 291 g/mol. The van der Waals surface area contributed by atoms with Gasteiger partial charge in [0, 0.05) is 4.47 Å². The number of hydrogen-bond donors (Lipinski definition) is 3. The maximum atomic E-state index is 13.0. The first kappa shape index (κ1) is 13.1. The standard InChI is InChI=1S/C10H11BrFNO3/c11-6-1-5(2-7(12)3-6)10(16)8(14)4-9(13)15/h1-3,8,10,14,16H,4H2,(H2,13,15). The molecule has 0 radical (unpaired) electrons. The highest BCUT2D eigenvalue weighted by Gasteiger charge is 2.21. The molecule has 0 heterocycles. The van der Waals surface area contributed by atoms with Gasteiger partial charge in [0.2, 0.25) is 5.91 Å². The van der Waals surface area contributed by atoms with E-state index in [-0.39, 0.29) is 12.0 Å². The third-order valence-electron chi connectivity index (χ3n) is 2.00. The molecule has 1 aromatic rings. The van der Waals surface area contributed by atoms with Gasteiger partial charge in [0.1, 0.15) is 11.9 Å². The zero-order chi connectivity index (χ0) is 12.3. The van der Waals surface area contributed by atoms with Gasteiger partial charge < -0.3 is 15.9 Å². The van der Waals surface area contributed by atoms with Crippen LogP contribution in [-0.4, -0.2) is 22.2 Å². The minimum Gasteiger partial charge on any atom is -0.390 e. The maximum absolute atomic E-state index is 13.0. The molecule has 0 fully saturated rings. The zero-order valence-corrected chi connectivity index (χ0v) is 9.82. The van der Waals surface area contributed by atoms with Crippen molar-refractivity contribution in [3.05, 3.63) is 34.1 Å². The van der Waals surface area contributed by atoms with Crippen LogP contribution in [0.15, 0.2) is 22.7 Å². The normalized spacial score (nSPS) is 14.5. The Kier molecular flexibility index (Phi) is 4.40. The number of carbonyl (C=O) groups is 1. The van der Waals surface area contributed by atoms with E-state index in [2.05, 4.69) is 15.9 Å². The van der Waals surface area contributed by atoms with E-state index in [0.717, 1.165) is 6.07 Å². The summed E-state index contributed by atoms with van der Waals surface area (Å²) in [4.78, 5) is 10.5. The molecule has 4 N–H and O–H groups in total. The van der Waals surface area contributed by atoms with Crippen molar-refractivity contribution in [1.82, 2.24) is 0 Å². The highest BCUT2D eigenvalue weighted by Crippen LogP contribution is 2.23. The van der Waals surface area contributed by atoms with E-state index in [1.54, 1.807) is 0 Å². The second-order valence-corrected chi connectivity index (χ2v) is 4.30. The van der Waals surface area contributed by atoms with Gasteiger partial charge in [-0.1, -0.05) is 15.9 Å². The number of aliphatic hydroxyl groups excluding tert-OH is 2. The summed E-state index contributed by atoms with van der Waals surface area (Å²) >= 11 is 3.06. The number of amides is 1. The summed E-state index contributed by atoms with van der Waals surface area (Å²) in [7, 11) is 0. The molecular formula is C10H11BrFNO3. The summed E-state index contributed by atoms with van der Waals surface area (Å²) in [5, 5.41) is 19.1. The van der Waals surface area contributed by atoms with Gasteiger partial charge >= 0.3 is 0 Å². The number of rotatable bonds is 4. The van der Waals surface area contributed by atoms with Gasteiger partial charge in [0.05, 0.1) is 12.5 Å². The van der Waals surface area contributed by atoms with E-state index in [9.17, 15) is 19.4 Å². The van der Waals surface area contributed by atoms with E-state index < -0.39 is 23.9 Å². The van der Waals surface area contributed by atoms with Crippen LogP contribution < -0.4 is 5.73 Å². The first-order chi connectivity index (χ1) is 7.40. The Hall–Kier alpha value is -0.980. The fourth-order valence-electron chi connectivity index (χ4n) is 1.29. The molecule has 1 aromatic carbocycles. The average molecular weight is 292 g/mol. The Morgan fingerprint density at radius 2 is 2.06 bits per heavy atom. The quantitative estimate of drug-likeness (QED) is 0.769. The lowest BCUT2D eigenvalue weighted by molar-refractivity contribution is -0.121. The first-order valence-electron chi connectivity index (χ1n) is 4.50. The van der Waals surface area contributed by atoms with Crippen molar-refractivity contribution in [2.45, 2.75) is 18.6 Å². The largest absolute Gasteiger partial charge is 0.390 e. The number of hydrogen-bond acceptors (Lipinski definition) is 3. The summed E-state index contributed by atoms with van der Waals surface area (Å²) in [5.74, 6) is -1.28. The minimum atomic E-state index is -1.35. The van der Waals surface area contributed by atoms with Crippen molar-refractivity contribution in [3.63, 3.8) is 0 Å². The van der Waals surface area contributed by atoms with Gasteiger partial charge in [-0.25, -0.2) is 4.39 Å². The predicted molar refractivity (Wildman–Crippen MR) is 58.9 cm³/mol. The number of halogens is 2. The van der Waals surface area contributed by atoms with Crippen molar-refractivity contribution in [2.24, 2.45) is 5.73 Å². The third kappa shape index (κ3) is 3.55. The molecule has 4 nitrogen and oxygen atoms in total. The Balaban J connectivity index is 2.86. The van der Waals surface area contributed by atoms with E-state index in [1.807, 2.05) is 0 Å². The molecule has 88 valence electrons. The van der Waals surface area contributed by atoms with Crippen LogP contribution in [0.2, 0.25) is 0 Å². The summed E-state index contributed by atoms with van der Waals surface area (Å²) < 4.78 is 13.4. The van der Waals surface area contributed by atoms with Gasteiger partial charge in [0.25, 0.3) is 0 Å². The van der Waals surface area contributed by atoms with Gasteiger partial charge in [-0.2, -0.15) is 0 Å². The molecule has 16 heavy (non-hydrogen) atoms. The van der Waals surface area contributed by atoms with Gasteiger partial charge in [0.15, 0.2) is 0 Å². The summed E-state index contributed by atoms with van der Waals surface area (Å²) in [5.41, 5.74) is 5.06. The fourth-order valence-corrected chi connectivity index (χ4v) is 1.77. The molecule has 0 bridgehead atoms. The third-order valence-corrected chi connectivity index (χ3v) is 2.46. The fraction of sp³-hybridized carbons (Fsp3) is 0.300. The van der Waals surface area contributed by atoms with Crippen LogP contribution in [0.1, 0.15) is 18.1 Å². The van der Waals surface area contributed by atoms with Crippen molar-refractivity contribution in [2.75, 3.05) is 0 Å². The highest BCUT2D eigenvalue weighted by molar-refractivity contribution is 9.10. The van der Waals surface area contributed by atoms with Crippen LogP contribution in [0, 0.1) is 5.82 Å². The van der Waals surface area contributed by atoms with E-state index in [4.69, 9.17) is 5.73 Å². The van der Waals surface area contributed by atoms with Crippen LogP contribution in [0.3, 0.4) is 0 Å². The number of primary amides is 1. The SMILES string of the molecule is NC(=O)CC(O)C(O)c1cc(F)cc(Br)c1. The smallest absolute Gasteiger partial charge is 0.220 e. The molecule has 0 saturated carbocycles. The van der Waals surface area contributed by atoms with Gasteiger partial charge in [-0.05, 0) is 23.8 Å². The maximum Gasteiger partial charge on any atom is 0.220 e. The lowest BCUT2D eigenvalue weighted by Gasteiger charge is -2.17. The summed E-state index contributed by atoms with van der Waals surface area (Å²) in [6.45, 7) is 0. The summed E-state index contributed by atoms with van der Waals surface area (Å²) in [6.07, 6.45) is -3.07. The molecule has 0 aliphatic carbocycles. The number of nitrogens with two attached hydrogens (primary N) is 1. The van der Waals surface area contributed by atoms with Crippen LogP contribution in [0.5, 0.6) is 0 Å². The van der Waals surface area contributed by atoms with Crippen molar-refractivity contribution < 1.29 is 19.4 Å². The van der Waals surface area contributed by atoms with E-state index in [0.29, 0.717) is 4.47 Å². The highest BCUT2D eigenvalue weighted by atomic mass is 79.9. The lowest BCUT2D eigenvalue weighted by Crippen LogP contribution is -2.25. The minimum absolute atomic E-state index is 0.181. The molecule has 2 unspecified atom stereocenters. The molecule has 0 spiro atoms. The van der Waals surface area contributed by atoms with Crippen molar-refractivity contribution >= 4 is 21.8 Å². The molecule has 0 aromatic heterocycles. The van der Waals surface area contributed by atoms with Crippen LogP contribution in [-0.2, 0) is 4.79 Å². The molecule has 1 amide bonds. The molecule has 6 heteroatoms. The molecule has 0 saturated heterocycles. The zero-order valence-electron chi connectivity index (χ0n) is 8.23. The van der Waals surface area contributed by atoms with Gasteiger partial charge in [-0.3, -0.25) is 4.79 Å². The molecule has 0 aliphatic rings. The molecule has 2 atom stereocenters. The first-order valence-corrected chi connectivity index (χ1v) is 5.30. The lowest BCUT2D eigenvalue weighted by atomic mass is 10.0. The summed E-state index contributed by atoms with van der Waals surface area (Å²) in [6, 6.07) is 3.76. The Bertz CT molecular complexity index is 379. The number of benzene rings is 1. The Labute approximate surface area is 100 Å². The van der Waals surface area contributed by atoms with Crippen LogP contribution >= 0.6 is 15.9 Å². The second kappa shape index (κ2) is 5.38. The predicted octanol–water partition coefficient (Wildman–Crippen LogP) is 0.858. The van der Waals surface area contributed by atoms with E-state index in [1.165, 1.54) is 12.1 Å². The molecular weight excluding hydrogens is 281 g/mol. The topological polar surface area (TPSA) is 83.6 Å². The van der Waals surface area contributed by atoms with E-state index >= 15 is 0 Å². The Morgan fingerprint density at radius 1 is 1.44 bits per heavy atom. The average Bonchev–Trinajstić information content (AvgIpc) is 2.13. The number of carbonyl (C=O) groups excluding carboxylic acids is 1. The molecule has 0 aliphatic heterocycles. The second-order valence-electron chi connectivity index (χ2n) is 3.39. The molecule has 1 rings (SSSR count). The van der Waals surface area contributed by atoms with Gasteiger partial charge in [-0.15, -0.1) is 0 Å².